The number of nitrogens with one attached hydrogen (secondary N) is 1. The lowest BCUT2D eigenvalue weighted by molar-refractivity contribution is -0.122. The number of anilines is 1. The number of aryl methyl sites for hydroxylation is 1. The van der Waals surface area contributed by atoms with Crippen molar-refractivity contribution in [2.24, 2.45) is 0 Å². The van der Waals surface area contributed by atoms with Crippen LogP contribution in [0.1, 0.15) is 17.0 Å². The summed E-state index contributed by atoms with van der Waals surface area (Å²) in [4.78, 5) is 27.1. The summed E-state index contributed by atoms with van der Waals surface area (Å²) in [5, 5.41) is 12.2. The minimum atomic E-state index is -0.530. The number of thiocarbonyl (C=S) groups is 1. The predicted molar refractivity (Wildman–Crippen MR) is 127 cm³/mol. The van der Waals surface area contributed by atoms with Gasteiger partial charge in [-0.15, -0.1) is 0 Å². The standard InChI is InChI=1S/C23H18BrN3O3S/c1-13-11-15(14(2)26(13)17-7-9-19(28)10-8-17)12-20-21(29)25-23(31)27(22(20)30)18-5-3-16(24)4-6-18/h3-12,28H,1-2H3,(H,25,29,31)/b20-12+. The Morgan fingerprint density at radius 3 is 2.26 bits per heavy atom. The van der Waals surface area contributed by atoms with E-state index in [0.29, 0.717) is 5.69 Å². The Kier molecular flexibility index (Phi) is 5.51. The summed E-state index contributed by atoms with van der Waals surface area (Å²) in [5.41, 5.74) is 3.97. The molecule has 31 heavy (non-hydrogen) atoms. The first-order chi connectivity index (χ1) is 14.8. The minimum absolute atomic E-state index is 0.00229. The largest absolute Gasteiger partial charge is 0.508 e. The molecule has 4 rings (SSSR count). The van der Waals surface area contributed by atoms with E-state index in [1.165, 1.54) is 4.90 Å². The maximum Gasteiger partial charge on any atom is 0.270 e. The first-order valence-electron chi connectivity index (χ1n) is 9.41. The molecule has 156 valence electrons. The van der Waals surface area contributed by atoms with E-state index in [1.807, 2.05) is 24.5 Å². The van der Waals surface area contributed by atoms with Crippen LogP contribution in [-0.2, 0) is 9.59 Å². The fourth-order valence-corrected chi connectivity index (χ4v) is 4.12. The number of carbonyl (C=O) groups is 2. The smallest absolute Gasteiger partial charge is 0.270 e. The maximum atomic E-state index is 13.2. The number of benzene rings is 2. The molecule has 3 aromatic rings. The molecule has 0 aliphatic carbocycles. The molecular weight excluding hydrogens is 478 g/mol. The van der Waals surface area contributed by atoms with E-state index >= 15 is 0 Å². The summed E-state index contributed by atoms with van der Waals surface area (Å²) in [7, 11) is 0. The fraction of sp³-hybridized carbons (Fsp3) is 0.0870. The van der Waals surface area contributed by atoms with E-state index in [4.69, 9.17) is 12.2 Å². The lowest BCUT2D eigenvalue weighted by Crippen LogP contribution is -2.54. The van der Waals surface area contributed by atoms with Gasteiger partial charge in [0.1, 0.15) is 11.3 Å². The van der Waals surface area contributed by atoms with Gasteiger partial charge in [-0.25, -0.2) is 0 Å². The highest BCUT2D eigenvalue weighted by molar-refractivity contribution is 9.10. The van der Waals surface area contributed by atoms with Crippen molar-refractivity contribution in [1.82, 2.24) is 9.88 Å². The van der Waals surface area contributed by atoms with E-state index in [2.05, 4.69) is 21.2 Å². The SMILES string of the molecule is Cc1cc(/C=C2\C(=O)NC(=S)N(c3ccc(Br)cc3)C2=O)c(C)n1-c1ccc(O)cc1. The van der Waals surface area contributed by atoms with Crippen molar-refractivity contribution < 1.29 is 14.7 Å². The molecule has 8 heteroatoms. The number of carbonyl (C=O) groups excluding carboxylic acids is 2. The number of aromatic nitrogens is 1. The van der Waals surface area contributed by atoms with Crippen LogP contribution in [0, 0.1) is 13.8 Å². The van der Waals surface area contributed by atoms with Gasteiger partial charge in [-0.3, -0.25) is 19.8 Å². The molecule has 2 heterocycles. The van der Waals surface area contributed by atoms with E-state index in [9.17, 15) is 14.7 Å². The Morgan fingerprint density at radius 1 is 1.00 bits per heavy atom. The van der Waals surface area contributed by atoms with Crippen molar-refractivity contribution in [3.63, 3.8) is 0 Å². The molecule has 0 saturated carbocycles. The third-order valence-corrected chi connectivity index (χ3v) is 5.88. The molecular formula is C23H18BrN3O3S. The molecule has 2 aromatic carbocycles. The highest BCUT2D eigenvalue weighted by Gasteiger charge is 2.34. The third-order valence-electron chi connectivity index (χ3n) is 5.06. The number of amides is 2. The lowest BCUT2D eigenvalue weighted by Gasteiger charge is -2.29. The van der Waals surface area contributed by atoms with Crippen LogP contribution >= 0.6 is 28.1 Å². The molecule has 1 aliphatic heterocycles. The monoisotopic (exact) mass is 495 g/mol. The third kappa shape index (κ3) is 3.92. The molecule has 0 radical (unpaired) electrons. The van der Waals surface area contributed by atoms with Crippen molar-refractivity contribution in [2.75, 3.05) is 4.90 Å². The van der Waals surface area contributed by atoms with Gasteiger partial charge in [0.05, 0.1) is 5.69 Å². The summed E-state index contributed by atoms with van der Waals surface area (Å²) in [6, 6.07) is 15.8. The molecule has 1 aromatic heterocycles. The Hall–Kier alpha value is -3.23. The number of hydrogen-bond acceptors (Lipinski definition) is 4. The average molecular weight is 496 g/mol. The van der Waals surface area contributed by atoms with Crippen LogP contribution in [0.15, 0.2) is 64.6 Å². The van der Waals surface area contributed by atoms with Gasteiger partial charge < -0.3 is 9.67 Å². The molecule has 6 nitrogen and oxygen atoms in total. The zero-order valence-corrected chi connectivity index (χ0v) is 19.1. The van der Waals surface area contributed by atoms with Crippen LogP contribution in [-0.4, -0.2) is 26.6 Å². The van der Waals surface area contributed by atoms with E-state index in [0.717, 1.165) is 27.1 Å². The van der Waals surface area contributed by atoms with Crippen LogP contribution in [0.25, 0.3) is 11.8 Å². The van der Waals surface area contributed by atoms with Gasteiger partial charge in [-0.2, -0.15) is 0 Å². The van der Waals surface area contributed by atoms with Crippen molar-refractivity contribution >= 4 is 56.8 Å². The molecule has 0 spiro atoms. The summed E-state index contributed by atoms with van der Waals surface area (Å²) >= 11 is 8.62. The zero-order valence-electron chi connectivity index (χ0n) is 16.7. The summed E-state index contributed by atoms with van der Waals surface area (Å²) in [6.07, 6.45) is 1.59. The van der Waals surface area contributed by atoms with Crippen LogP contribution in [0.5, 0.6) is 5.75 Å². The highest BCUT2D eigenvalue weighted by Crippen LogP contribution is 2.27. The van der Waals surface area contributed by atoms with E-state index in [1.54, 1.807) is 54.6 Å². The molecule has 2 amide bonds. The topological polar surface area (TPSA) is 74.6 Å². The molecule has 1 saturated heterocycles. The number of halogens is 1. The van der Waals surface area contributed by atoms with Gasteiger partial charge >= 0.3 is 0 Å². The zero-order chi connectivity index (χ0) is 22.3. The molecule has 0 unspecified atom stereocenters. The number of phenols is 1. The first-order valence-corrected chi connectivity index (χ1v) is 10.6. The van der Waals surface area contributed by atoms with E-state index in [-0.39, 0.29) is 16.4 Å². The maximum absolute atomic E-state index is 13.2. The predicted octanol–water partition coefficient (Wildman–Crippen LogP) is 4.39. The normalized spacial score (nSPS) is 15.5. The number of hydrogen-bond donors (Lipinski definition) is 2. The van der Waals surface area contributed by atoms with Gasteiger partial charge in [0.15, 0.2) is 5.11 Å². The molecule has 0 atom stereocenters. The molecule has 1 fully saturated rings. The summed E-state index contributed by atoms with van der Waals surface area (Å²) in [6.45, 7) is 3.85. The Bertz CT molecular complexity index is 1240. The van der Waals surface area contributed by atoms with Crippen molar-refractivity contribution in [3.8, 4) is 11.4 Å². The fourth-order valence-electron chi connectivity index (χ4n) is 3.57. The molecule has 2 N–H and O–H groups in total. The summed E-state index contributed by atoms with van der Waals surface area (Å²) in [5.74, 6) is -0.828. The Morgan fingerprint density at radius 2 is 1.61 bits per heavy atom. The number of aromatic hydroxyl groups is 1. The lowest BCUT2D eigenvalue weighted by atomic mass is 10.1. The van der Waals surface area contributed by atoms with Gasteiger partial charge in [0, 0.05) is 21.5 Å². The average Bonchev–Trinajstić information content (AvgIpc) is 3.00. The van der Waals surface area contributed by atoms with E-state index < -0.39 is 11.8 Å². The Balaban J connectivity index is 1.75. The van der Waals surface area contributed by atoms with Crippen LogP contribution in [0.3, 0.4) is 0 Å². The van der Waals surface area contributed by atoms with Crippen molar-refractivity contribution in [3.05, 3.63) is 81.6 Å². The summed E-state index contributed by atoms with van der Waals surface area (Å²) < 4.78 is 2.86. The van der Waals surface area contributed by atoms with Crippen molar-refractivity contribution in [1.29, 1.82) is 0 Å². The number of phenolic OH excluding ortho intramolecular Hbond substituents is 1. The molecule has 1 aliphatic rings. The second-order valence-corrected chi connectivity index (χ2v) is 8.41. The highest BCUT2D eigenvalue weighted by atomic mass is 79.9. The van der Waals surface area contributed by atoms with Gasteiger partial charge in [-0.1, -0.05) is 15.9 Å². The second-order valence-electron chi connectivity index (χ2n) is 7.11. The van der Waals surface area contributed by atoms with Crippen LogP contribution in [0.4, 0.5) is 5.69 Å². The van der Waals surface area contributed by atoms with Crippen molar-refractivity contribution in [2.45, 2.75) is 13.8 Å². The van der Waals surface area contributed by atoms with Crippen LogP contribution in [0.2, 0.25) is 0 Å². The second kappa shape index (κ2) is 8.13. The van der Waals surface area contributed by atoms with Crippen LogP contribution < -0.4 is 10.2 Å². The quantitative estimate of drug-likeness (QED) is 0.321. The van der Waals surface area contributed by atoms with Gasteiger partial charge in [0.25, 0.3) is 11.8 Å². The number of rotatable bonds is 3. The minimum Gasteiger partial charge on any atom is -0.508 e. The molecule has 0 bridgehead atoms. The number of nitrogens with zero attached hydrogens (tertiary/aromatic N) is 2. The Labute approximate surface area is 192 Å². The van der Waals surface area contributed by atoms with Gasteiger partial charge in [0.2, 0.25) is 0 Å². The first kappa shape index (κ1) is 21.0. The van der Waals surface area contributed by atoms with Gasteiger partial charge in [-0.05, 0) is 92.3 Å².